The first-order valence-corrected chi connectivity index (χ1v) is 6.53. The number of ether oxygens (including phenoxy) is 1. The summed E-state index contributed by atoms with van der Waals surface area (Å²) >= 11 is 0. The Morgan fingerprint density at radius 1 is 1.50 bits per heavy atom. The van der Waals surface area contributed by atoms with Crippen molar-refractivity contribution in [3.8, 4) is 5.75 Å². The SMILES string of the molecule is COc1ccc(CNCCC2CCNC2)cc1F. The first kappa shape index (κ1) is 13.3. The minimum Gasteiger partial charge on any atom is -0.494 e. The molecule has 0 spiro atoms. The molecule has 1 heterocycles. The third-order valence-electron chi connectivity index (χ3n) is 3.44. The minimum atomic E-state index is -0.295. The lowest BCUT2D eigenvalue weighted by Crippen LogP contribution is -2.19. The van der Waals surface area contributed by atoms with E-state index in [0.717, 1.165) is 31.1 Å². The van der Waals surface area contributed by atoms with Gasteiger partial charge in [0.05, 0.1) is 7.11 Å². The molecule has 0 bridgehead atoms. The Labute approximate surface area is 108 Å². The molecule has 3 nitrogen and oxygen atoms in total. The van der Waals surface area contributed by atoms with Gasteiger partial charge in [-0.05, 0) is 56.1 Å². The summed E-state index contributed by atoms with van der Waals surface area (Å²) in [4.78, 5) is 0. The van der Waals surface area contributed by atoms with Crippen LogP contribution < -0.4 is 15.4 Å². The molecule has 0 aliphatic carbocycles. The van der Waals surface area contributed by atoms with Crippen molar-refractivity contribution >= 4 is 0 Å². The Bertz CT molecular complexity index is 378. The van der Waals surface area contributed by atoms with Crippen molar-refractivity contribution < 1.29 is 9.13 Å². The smallest absolute Gasteiger partial charge is 0.165 e. The number of rotatable bonds is 6. The lowest BCUT2D eigenvalue weighted by Gasteiger charge is -2.10. The molecule has 1 fully saturated rings. The van der Waals surface area contributed by atoms with Crippen LogP contribution in [0.15, 0.2) is 18.2 Å². The monoisotopic (exact) mass is 252 g/mol. The van der Waals surface area contributed by atoms with E-state index in [1.54, 1.807) is 6.07 Å². The van der Waals surface area contributed by atoms with Crippen molar-refractivity contribution in [2.24, 2.45) is 5.92 Å². The molecule has 0 radical (unpaired) electrons. The Morgan fingerprint density at radius 3 is 3.06 bits per heavy atom. The molecule has 0 aromatic heterocycles. The molecular weight excluding hydrogens is 231 g/mol. The van der Waals surface area contributed by atoms with E-state index in [0.29, 0.717) is 12.3 Å². The molecule has 0 saturated carbocycles. The average molecular weight is 252 g/mol. The van der Waals surface area contributed by atoms with E-state index in [4.69, 9.17) is 4.74 Å². The highest BCUT2D eigenvalue weighted by atomic mass is 19.1. The van der Waals surface area contributed by atoms with Crippen LogP contribution in [0.3, 0.4) is 0 Å². The zero-order valence-electron chi connectivity index (χ0n) is 10.8. The average Bonchev–Trinajstić information content (AvgIpc) is 2.88. The van der Waals surface area contributed by atoms with Crippen molar-refractivity contribution in [1.82, 2.24) is 10.6 Å². The largest absolute Gasteiger partial charge is 0.494 e. The van der Waals surface area contributed by atoms with Crippen LogP contribution in [-0.4, -0.2) is 26.7 Å². The van der Waals surface area contributed by atoms with Crippen molar-refractivity contribution in [2.75, 3.05) is 26.7 Å². The number of halogens is 1. The molecule has 1 aliphatic rings. The molecule has 1 aromatic carbocycles. The van der Waals surface area contributed by atoms with Crippen molar-refractivity contribution in [1.29, 1.82) is 0 Å². The van der Waals surface area contributed by atoms with E-state index in [2.05, 4.69) is 10.6 Å². The van der Waals surface area contributed by atoms with Crippen LogP contribution >= 0.6 is 0 Å². The Hall–Kier alpha value is -1.13. The molecule has 2 N–H and O–H groups in total. The number of methoxy groups -OCH3 is 1. The van der Waals surface area contributed by atoms with Gasteiger partial charge in [-0.2, -0.15) is 0 Å². The third-order valence-corrected chi connectivity index (χ3v) is 3.44. The Kier molecular flexibility index (Phi) is 4.96. The molecule has 1 saturated heterocycles. The molecule has 2 rings (SSSR count). The van der Waals surface area contributed by atoms with Crippen LogP contribution in [0.1, 0.15) is 18.4 Å². The molecular formula is C14H21FN2O. The summed E-state index contributed by atoms with van der Waals surface area (Å²) in [6.45, 7) is 3.98. The predicted molar refractivity (Wildman–Crippen MR) is 70.3 cm³/mol. The molecule has 100 valence electrons. The van der Waals surface area contributed by atoms with Gasteiger partial charge >= 0.3 is 0 Å². The van der Waals surface area contributed by atoms with Gasteiger partial charge in [0, 0.05) is 6.54 Å². The van der Waals surface area contributed by atoms with Crippen LogP contribution in [0.25, 0.3) is 0 Å². The van der Waals surface area contributed by atoms with Crippen LogP contribution in [-0.2, 0) is 6.54 Å². The van der Waals surface area contributed by atoms with Gasteiger partial charge in [-0.25, -0.2) is 4.39 Å². The number of hydrogen-bond donors (Lipinski definition) is 2. The van der Waals surface area contributed by atoms with E-state index in [1.165, 1.54) is 26.0 Å². The van der Waals surface area contributed by atoms with Crippen LogP contribution in [0, 0.1) is 11.7 Å². The van der Waals surface area contributed by atoms with Gasteiger partial charge in [0.15, 0.2) is 11.6 Å². The Morgan fingerprint density at radius 2 is 2.39 bits per heavy atom. The fraction of sp³-hybridized carbons (Fsp3) is 0.571. The molecule has 4 heteroatoms. The maximum Gasteiger partial charge on any atom is 0.165 e. The Balaban J connectivity index is 1.71. The summed E-state index contributed by atoms with van der Waals surface area (Å²) in [5.41, 5.74) is 0.956. The quantitative estimate of drug-likeness (QED) is 0.759. The van der Waals surface area contributed by atoms with E-state index in [1.807, 2.05) is 6.07 Å². The van der Waals surface area contributed by atoms with Gasteiger partial charge in [0.2, 0.25) is 0 Å². The van der Waals surface area contributed by atoms with Gasteiger partial charge < -0.3 is 15.4 Å². The summed E-state index contributed by atoms with van der Waals surface area (Å²) < 4.78 is 18.3. The third kappa shape index (κ3) is 3.68. The zero-order chi connectivity index (χ0) is 12.8. The fourth-order valence-electron chi connectivity index (χ4n) is 2.32. The fourth-order valence-corrected chi connectivity index (χ4v) is 2.32. The number of hydrogen-bond acceptors (Lipinski definition) is 3. The van der Waals surface area contributed by atoms with Crippen molar-refractivity contribution in [3.63, 3.8) is 0 Å². The minimum absolute atomic E-state index is 0.295. The lowest BCUT2D eigenvalue weighted by molar-refractivity contribution is 0.386. The topological polar surface area (TPSA) is 33.3 Å². The molecule has 1 unspecified atom stereocenters. The first-order valence-electron chi connectivity index (χ1n) is 6.53. The standard InChI is InChI=1S/C14H21FN2O/c1-18-14-3-2-12(8-13(14)15)10-17-7-5-11-4-6-16-9-11/h2-3,8,11,16-17H,4-7,9-10H2,1H3. The second-order valence-electron chi connectivity index (χ2n) is 4.79. The number of benzene rings is 1. The van der Waals surface area contributed by atoms with Crippen LogP contribution in [0.4, 0.5) is 4.39 Å². The van der Waals surface area contributed by atoms with Gasteiger partial charge in [-0.15, -0.1) is 0 Å². The van der Waals surface area contributed by atoms with E-state index in [9.17, 15) is 4.39 Å². The maximum atomic E-state index is 13.4. The molecule has 1 aliphatic heterocycles. The second-order valence-corrected chi connectivity index (χ2v) is 4.79. The summed E-state index contributed by atoms with van der Waals surface area (Å²) in [5, 5.41) is 6.72. The highest BCUT2D eigenvalue weighted by Gasteiger charge is 2.13. The number of nitrogens with one attached hydrogen (secondary N) is 2. The molecule has 0 amide bonds. The van der Waals surface area contributed by atoms with Gasteiger partial charge in [0.25, 0.3) is 0 Å². The van der Waals surface area contributed by atoms with Gasteiger partial charge in [-0.1, -0.05) is 6.07 Å². The summed E-state index contributed by atoms with van der Waals surface area (Å²) in [7, 11) is 1.48. The normalized spacial score (nSPS) is 19.1. The molecule has 1 aromatic rings. The second kappa shape index (κ2) is 6.71. The van der Waals surface area contributed by atoms with Gasteiger partial charge in [-0.3, -0.25) is 0 Å². The van der Waals surface area contributed by atoms with Crippen LogP contribution in [0.5, 0.6) is 5.75 Å². The molecule has 18 heavy (non-hydrogen) atoms. The van der Waals surface area contributed by atoms with Crippen LogP contribution in [0.2, 0.25) is 0 Å². The summed E-state index contributed by atoms with van der Waals surface area (Å²) in [6.07, 6.45) is 2.46. The van der Waals surface area contributed by atoms with Crippen molar-refractivity contribution in [2.45, 2.75) is 19.4 Å². The summed E-state index contributed by atoms with van der Waals surface area (Å²) in [5.74, 6) is 0.803. The lowest BCUT2D eigenvalue weighted by atomic mass is 10.1. The van der Waals surface area contributed by atoms with E-state index < -0.39 is 0 Å². The maximum absolute atomic E-state index is 13.4. The highest BCUT2D eigenvalue weighted by Crippen LogP contribution is 2.17. The van der Waals surface area contributed by atoms with E-state index in [-0.39, 0.29) is 5.82 Å². The zero-order valence-corrected chi connectivity index (χ0v) is 10.8. The summed E-state index contributed by atoms with van der Waals surface area (Å²) in [6, 6.07) is 5.10. The molecule has 1 atom stereocenters. The first-order chi connectivity index (χ1) is 8.79. The van der Waals surface area contributed by atoms with Crippen molar-refractivity contribution in [3.05, 3.63) is 29.6 Å². The predicted octanol–water partition coefficient (Wildman–Crippen LogP) is 1.92. The highest BCUT2D eigenvalue weighted by molar-refractivity contribution is 5.29. The van der Waals surface area contributed by atoms with Gasteiger partial charge in [0.1, 0.15) is 0 Å². The van der Waals surface area contributed by atoms with E-state index >= 15 is 0 Å².